The lowest BCUT2D eigenvalue weighted by Gasteiger charge is -2.06. The first kappa shape index (κ1) is 19.4. The van der Waals surface area contributed by atoms with Gasteiger partial charge in [-0.1, -0.05) is 23.7 Å². The Bertz CT molecular complexity index is 862. The number of nitrogens with one attached hydrogen (secondary N) is 1. The van der Waals surface area contributed by atoms with Crippen molar-refractivity contribution in [2.24, 2.45) is 5.14 Å². The van der Waals surface area contributed by atoms with Gasteiger partial charge in [0.2, 0.25) is 10.0 Å². The third-order valence-corrected chi connectivity index (χ3v) is 5.71. The van der Waals surface area contributed by atoms with Crippen LogP contribution in [-0.4, -0.2) is 33.4 Å². The number of primary sulfonamides is 1. The third kappa shape index (κ3) is 6.13. The van der Waals surface area contributed by atoms with E-state index in [0.717, 1.165) is 23.0 Å². The molecule has 0 unspecified atom stereocenters. The second-order valence-electron chi connectivity index (χ2n) is 5.00. The van der Waals surface area contributed by atoms with Gasteiger partial charge in [-0.05, 0) is 30.2 Å². The van der Waals surface area contributed by atoms with E-state index in [-0.39, 0.29) is 9.77 Å². The standard InChI is InChI=1S/C15H15ClN2O5S2/c16-12-3-1-10(2-4-12)5-6-18-13(19)8-23-15(20)11-7-14(24-9-11)25(17,21)22/h1-4,7,9H,5-6,8H2,(H,18,19)(H2,17,21,22). The van der Waals surface area contributed by atoms with E-state index in [0.29, 0.717) is 18.0 Å². The molecule has 2 aromatic rings. The molecule has 0 aliphatic carbocycles. The van der Waals surface area contributed by atoms with Crippen LogP contribution < -0.4 is 10.5 Å². The summed E-state index contributed by atoms with van der Waals surface area (Å²) in [6, 6.07) is 8.34. The highest BCUT2D eigenvalue weighted by atomic mass is 35.5. The lowest BCUT2D eigenvalue weighted by molar-refractivity contribution is -0.124. The van der Waals surface area contributed by atoms with Crippen molar-refractivity contribution in [3.05, 3.63) is 51.9 Å². The molecule has 0 saturated heterocycles. The Kier molecular flexibility index (Phi) is 6.54. The van der Waals surface area contributed by atoms with Crippen molar-refractivity contribution in [3.8, 4) is 0 Å². The molecule has 3 N–H and O–H groups in total. The normalized spacial score (nSPS) is 11.1. The Labute approximate surface area is 153 Å². The van der Waals surface area contributed by atoms with E-state index < -0.39 is 28.5 Å². The maximum Gasteiger partial charge on any atom is 0.339 e. The number of rotatable bonds is 7. The molecule has 7 nitrogen and oxygen atoms in total. The van der Waals surface area contributed by atoms with Gasteiger partial charge in [-0.15, -0.1) is 11.3 Å². The molecule has 134 valence electrons. The number of carbonyl (C=O) groups excluding carboxylic acids is 2. The fraction of sp³-hybridized carbons (Fsp3) is 0.200. The first-order valence-corrected chi connectivity index (χ1v) is 9.86. The number of nitrogens with two attached hydrogens (primary N) is 1. The number of benzene rings is 1. The largest absolute Gasteiger partial charge is 0.452 e. The summed E-state index contributed by atoms with van der Waals surface area (Å²) in [5.41, 5.74) is 1.04. The van der Waals surface area contributed by atoms with Crippen molar-refractivity contribution in [3.63, 3.8) is 0 Å². The predicted octanol–water partition coefficient (Wildman–Crippen LogP) is 1.56. The summed E-state index contributed by atoms with van der Waals surface area (Å²) in [6.45, 7) is -0.0773. The summed E-state index contributed by atoms with van der Waals surface area (Å²) in [5, 5.41) is 9.53. The van der Waals surface area contributed by atoms with Gasteiger partial charge in [-0.25, -0.2) is 18.4 Å². The van der Waals surface area contributed by atoms with Crippen LogP contribution in [0.15, 0.2) is 39.9 Å². The van der Waals surface area contributed by atoms with Crippen molar-refractivity contribution in [2.45, 2.75) is 10.6 Å². The van der Waals surface area contributed by atoms with E-state index in [4.69, 9.17) is 21.5 Å². The highest BCUT2D eigenvalue weighted by molar-refractivity contribution is 7.91. The molecule has 0 saturated carbocycles. The Hall–Kier alpha value is -1.94. The molecule has 2 rings (SSSR count). The van der Waals surface area contributed by atoms with Crippen molar-refractivity contribution in [1.82, 2.24) is 5.32 Å². The Morgan fingerprint density at radius 2 is 1.92 bits per heavy atom. The first-order valence-electron chi connectivity index (χ1n) is 7.05. The van der Waals surface area contributed by atoms with Gasteiger partial charge < -0.3 is 10.1 Å². The van der Waals surface area contributed by atoms with E-state index in [2.05, 4.69) is 5.32 Å². The van der Waals surface area contributed by atoms with Crippen LogP contribution >= 0.6 is 22.9 Å². The number of hydrogen-bond donors (Lipinski definition) is 2. The van der Waals surface area contributed by atoms with Crippen LogP contribution in [0.25, 0.3) is 0 Å². The average molecular weight is 403 g/mol. The van der Waals surface area contributed by atoms with Crippen LogP contribution in [0, 0.1) is 0 Å². The van der Waals surface area contributed by atoms with Crippen LogP contribution in [-0.2, 0) is 26.0 Å². The number of hydrogen-bond acceptors (Lipinski definition) is 6. The fourth-order valence-electron chi connectivity index (χ4n) is 1.84. The van der Waals surface area contributed by atoms with Gasteiger partial charge in [0.25, 0.3) is 5.91 Å². The Morgan fingerprint density at radius 1 is 1.24 bits per heavy atom. The van der Waals surface area contributed by atoms with E-state index in [1.807, 2.05) is 12.1 Å². The molecular weight excluding hydrogens is 388 g/mol. The summed E-state index contributed by atoms with van der Waals surface area (Å²) in [5.74, 6) is -1.25. The molecule has 1 heterocycles. The van der Waals surface area contributed by atoms with Gasteiger partial charge in [0.1, 0.15) is 4.21 Å². The van der Waals surface area contributed by atoms with E-state index in [9.17, 15) is 18.0 Å². The van der Waals surface area contributed by atoms with E-state index in [1.165, 1.54) is 5.38 Å². The number of thiophene rings is 1. The van der Waals surface area contributed by atoms with Gasteiger partial charge in [-0.3, -0.25) is 4.79 Å². The van der Waals surface area contributed by atoms with Gasteiger partial charge in [0.15, 0.2) is 6.61 Å². The quantitative estimate of drug-likeness (QED) is 0.682. The Morgan fingerprint density at radius 3 is 2.52 bits per heavy atom. The molecule has 25 heavy (non-hydrogen) atoms. The summed E-state index contributed by atoms with van der Waals surface area (Å²) in [6.07, 6.45) is 0.610. The maximum atomic E-state index is 11.8. The van der Waals surface area contributed by atoms with Crippen LogP contribution in [0.1, 0.15) is 15.9 Å². The molecule has 1 amide bonds. The van der Waals surface area contributed by atoms with Crippen molar-refractivity contribution in [2.75, 3.05) is 13.2 Å². The van der Waals surface area contributed by atoms with Gasteiger partial charge in [0, 0.05) is 16.9 Å². The zero-order chi connectivity index (χ0) is 18.4. The second-order valence-corrected chi connectivity index (χ2v) is 8.14. The number of carbonyl (C=O) groups is 2. The zero-order valence-corrected chi connectivity index (χ0v) is 15.3. The number of esters is 1. The third-order valence-electron chi connectivity index (χ3n) is 3.07. The number of amides is 1. The van der Waals surface area contributed by atoms with Crippen molar-refractivity contribution < 1.29 is 22.7 Å². The monoisotopic (exact) mass is 402 g/mol. The maximum absolute atomic E-state index is 11.8. The summed E-state index contributed by atoms with van der Waals surface area (Å²) >= 11 is 6.59. The Balaban J connectivity index is 1.75. The minimum absolute atomic E-state index is 0.0305. The minimum Gasteiger partial charge on any atom is -0.452 e. The van der Waals surface area contributed by atoms with Gasteiger partial charge >= 0.3 is 5.97 Å². The molecule has 1 aromatic heterocycles. The average Bonchev–Trinajstić information content (AvgIpc) is 3.05. The molecule has 0 spiro atoms. The molecular formula is C15H15ClN2O5S2. The highest BCUT2D eigenvalue weighted by Gasteiger charge is 2.17. The second kappa shape index (κ2) is 8.43. The van der Waals surface area contributed by atoms with Crippen LogP contribution in [0.3, 0.4) is 0 Å². The number of halogens is 1. The fourth-order valence-corrected chi connectivity index (χ4v) is 3.54. The van der Waals surface area contributed by atoms with Crippen molar-refractivity contribution in [1.29, 1.82) is 0 Å². The molecule has 0 radical (unpaired) electrons. The number of ether oxygens (including phenoxy) is 1. The zero-order valence-electron chi connectivity index (χ0n) is 12.9. The molecule has 10 heteroatoms. The molecule has 0 bridgehead atoms. The van der Waals surface area contributed by atoms with E-state index in [1.54, 1.807) is 12.1 Å². The van der Waals surface area contributed by atoms with Crippen molar-refractivity contribution >= 4 is 44.8 Å². The SMILES string of the molecule is NS(=O)(=O)c1cc(C(=O)OCC(=O)NCCc2ccc(Cl)cc2)cs1. The lowest BCUT2D eigenvalue weighted by atomic mass is 10.1. The predicted molar refractivity (Wildman–Crippen MR) is 94.1 cm³/mol. The molecule has 1 aromatic carbocycles. The molecule has 0 atom stereocenters. The number of sulfonamides is 1. The summed E-state index contributed by atoms with van der Waals surface area (Å²) in [7, 11) is -3.86. The van der Waals surface area contributed by atoms with Crippen LogP contribution in [0.2, 0.25) is 5.02 Å². The van der Waals surface area contributed by atoms with Gasteiger partial charge in [0.05, 0.1) is 5.56 Å². The van der Waals surface area contributed by atoms with Crippen LogP contribution in [0.5, 0.6) is 0 Å². The van der Waals surface area contributed by atoms with Gasteiger partial charge in [-0.2, -0.15) is 0 Å². The first-order chi connectivity index (χ1) is 11.8. The summed E-state index contributed by atoms with van der Waals surface area (Å²) < 4.78 is 27.0. The smallest absolute Gasteiger partial charge is 0.339 e. The van der Waals surface area contributed by atoms with E-state index >= 15 is 0 Å². The molecule has 0 aliphatic rings. The summed E-state index contributed by atoms with van der Waals surface area (Å²) in [4.78, 5) is 23.4. The topological polar surface area (TPSA) is 116 Å². The highest BCUT2D eigenvalue weighted by Crippen LogP contribution is 2.19. The minimum atomic E-state index is -3.86. The lowest BCUT2D eigenvalue weighted by Crippen LogP contribution is -2.30. The molecule has 0 aliphatic heterocycles. The molecule has 0 fully saturated rings. The van der Waals surface area contributed by atoms with Crippen LogP contribution in [0.4, 0.5) is 0 Å².